The van der Waals surface area contributed by atoms with Crippen LogP contribution in [0.3, 0.4) is 0 Å². The maximum atomic E-state index is 13.8. The molecule has 6 atom stereocenters. The van der Waals surface area contributed by atoms with E-state index in [0.717, 1.165) is 11.4 Å². The van der Waals surface area contributed by atoms with Crippen LogP contribution in [0.4, 0.5) is 0 Å². The molecule has 40 heavy (non-hydrogen) atoms. The molecule has 0 spiro atoms. The molecule has 0 aromatic carbocycles. The van der Waals surface area contributed by atoms with Crippen LogP contribution in [0.15, 0.2) is 0 Å². The summed E-state index contributed by atoms with van der Waals surface area (Å²) in [7, 11) is 1.14. The zero-order chi connectivity index (χ0) is 29.4. The Hall–Kier alpha value is -2.18. The van der Waals surface area contributed by atoms with Crippen molar-refractivity contribution in [3.05, 3.63) is 15.6 Å². The fourth-order valence-corrected chi connectivity index (χ4v) is 7.77. The molecule has 1 saturated heterocycles. The maximum absolute atomic E-state index is 13.8. The lowest BCUT2D eigenvalue weighted by Crippen LogP contribution is -2.65. The molecule has 0 radical (unpaired) electrons. The Bertz CT molecular complexity index is 1110. The first-order valence-electron chi connectivity index (χ1n) is 14.6. The summed E-state index contributed by atoms with van der Waals surface area (Å²) in [5.74, 6) is 0.721. The number of thiazole rings is 1. The fraction of sp³-hybridized carbons (Fsp3) is 0.786. The van der Waals surface area contributed by atoms with Crippen molar-refractivity contribution in [2.45, 2.75) is 104 Å². The van der Waals surface area contributed by atoms with Crippen molar-refractivity contribution in [1.82, 2.24) is 26.3 Å². The van der Waals surface area contributed by atoms with Gasteiger partial charge in [-0.3, -0.25) is 15.0 Å². The van der Waals surface area contributed by atoms with Crippen molar-refractivity contribution in [3.63, 3.8) is 0 Å². The average molecular weight is 575 g/mol. The molecule has 1 aromatic heterocycles. The molecule has 4 fully saturated rings. The highest BCUT2D eigenvalue weighted by Gasteiger charge is 2.68. The third-order valence-electron chi connectivity index (χ3n) is 9.30. The summed E-state index contributed by atoms with van der Waals surface area (Å²) in [4.78, 5) is 31.8. The zero-order valence-electron chi connectivity index (χ0n) is 25.3. The fourth-order valence-electron chi connectivity index (χ4n) is 6.94. The highest BCUT2D eigenvalue weighted by Crippen LogP contribution is 2.65. The van der Waals surface area contributed by atoms with Gasteiger partial charge in [-0.2, -0.15) is 0 Å². The van der Waals surface area contributed by atoms with Crippen molar-refractivity contribution >= 4 is 36.2 Å². The summed E-state index contributed by atoms with van der Waals surface area (Å²) in [6.07, 6.45) is 3.89. The normalized spacial score (nSPS) is 27.8. The Morgan fingerprint density at radius 1 is 1.20 bits per heavy atom. The Labute approximate surface area is 243 Å². The predicted octanol–water partition coefficient (Wildman–Crippen LogP) is 3.18. The lowest BCUT2D eigenvalue weighted by Gasteiger charge is -2.64. The van der Waals surface area contributed by atoms with Crippen molar-refractivity contribution in [2.75, 3.05) is 13.6 Å². The molecule has 3 saturated carbocycles. The number of aromatic nitrogens is 1. The van der Waals surface area contributed by atoms with E-state index in [-0.39, 0.29) is 40.8 Å². The number of rotatable bonds is 11. The molecule has 5 N–H and O–H groups in total. The van der Waals surface area contributed by atoms with E-state index >= 15 is 0 Å². The van der Waals surface area contributed by atoms with E-state index in [2.05, 4.69) is 60.9 Å². The van der Waals surface area contributed by atoms with Gasteiger partial charge in [0, 0.05) is 13.6 Å². The lowest BCUT2D eigenvalue weighted by atomic mass is 9.43. The van der Waals surface area contributed by atoms with Crippen LogP contribution in [0, 0.1) is 42.4 Å². The number of hydrogen-bond acceptors (Lipinski definition) is 7. The Morgan fingerprint density at radius 3 is 2.52 bits per heavy atom. The van der Waals surface area contributed by atoms with E-state index in [9.17, 15) is 9.59 Å². The van der Waals surface area contributed by atoms with Crippen molar-refractivity contribution in [3.8, 4) is 0 Å². The number of carbonyl (C=O) groups excluding carboxylic acids is 2. The summed E-state index contributed by atoms with van der Waals surface area (Å²) >= 11 is 1.33. The molecule has 1 aliphatic heterocycles. The number of carbonyl (C=O) groups is 2. The Morgan fingerprint density at radius 2 is 1.93 bits per heavy atom. The molecular formula is C28H47BN6O4S. The minimum absolute atomic E-state index is 0.0300. The SMILES string of the molecule is CNC(=N)NCCC[C@H](NC(=O)c1sc(C)nc1C)C(=O)N[C@@H](CC(C)C)B1O[C@@H]2C[C@@H]3C[C@@H](C3(C)C)[C@]2(C)O1. The Kier molecular flexibility index (Phi) is 9.21. The molecule has 222 valence electrons. The molecular weight excluding hydrogens is 527 g/mol. The van der Waals surface area contributed by atoms with Crippen molar-refractivity contribution < 1.29 is 18.9 Å². The van der Waals surface area contributed by atoms with E-state index < -0.39 is 13.2 Å². The van der Waals surface area contributed by atoms with Crippen LogP contribution < -0.4 is 21.3 Å². The zero-order valence-corrected chi connectivity index (χ0v) is 26.1. The standard InChI is InChI=1S/C28H47BN6O4S/c1-15(2)12-22(29-38-21-14-18-13-20(27(18,5)6)28(21,7)39-29)35-24(36)19(10-9-11-32-26(30)31-8)34-25(37)23-16(3)33-17(4)40-23/h15,18-22H,9-14H2,1-8H3,(H,34,37)(H,35,36)(H3,30,31,32)/t18-,19-,20-,21+,22-,28-/m0/s1. The number of hydrogen-bond donors (Lipinski definition) is 5. The molecule has 12 heteroatoms. The smallest absolute Gasteiger partial charge is 0.404 e. The first-order chi connectivity index (χ1) is 18.8. The maximum Gasteiger partial charge on any atom is 0.481 e. The molecule has 2 heterocycles. The summed E-state index contributed by atoms with van der Waals surface area (Å²) in [6.45, 7) is 15.3. The van der Waals surface area contributed by atoms with Crippen LogP contribution in [-0.2, 0) is 14.1 Å². The molecule has 1 aromatic rings. The summed E-state index contributed by atoms with van der Waals surface area (Å²) in [6, 6.07) is -0.749. The van der Waals surface area contributed by atoms with Gasteiger partial charge in [0.2, 0.25) is 5.91 Å². The van der Waals surface area contributed by atoms with E-state index in [1.54, 1.807) is 14.0 Å². The number of nitrogens with zero attached hydrogens (tertiary/aromatic N) is 1. The van der Waals surface area contributed by atoms with Gasteiger partial charge in [0.25, 0.3) is 5.91 Å². The second-order valence-corrected chi connectivity index (χ2v) is 14.2. The molecule has 0 unspecified atom stereocenters. The minimum Gasteiger partial charge on any atom is -0.404 e. The van der Waals surface area contributed by atoms with E-state index in [0.29, 0.717) is 54.1 Å². The first kappa shape index (κ1) is 30.8. The molecule has 2 bridgehead atoms. The van der Waals surface area contributed by atoms with E-state index in [4.69, 9.17) is 14.7 Å². The molecule has 4 aliphatic rings. The van der Waals surface area contributed by atoms with Crippen molar-refractivity contribution in [1.29, 1.82) is 5.41 Å². The third-order valence-corrected chi connectivity index (χ3v) is 10.4. The van der Waals surface area contributed by atoms with Gasteiger partial charge in [0.05, 0.1) is 28.3 Å². The second kappa shape index (κ2) is 12.0. The quantitative estimate of drug-likeness (QED) is 0.119. The van der Waals surface area contributed by atoms with Gasteiger partial charge in [0.1, 0.15) is 10.9 Å². The number of guanidine groups is 1. The van der Waals surface area contributed by atoms with Crippen LogP contribution in [0.5, 0.6) is 0 Å². The van der Waals surface area contributed by atoms with Gasteiger partial charge in [-0.1, -0.05) is 27.7 Å². The molecule has 5 rings (SSSR count). The Balaban J connectivity index is 1.47. The largest absolute Gasteiger partial charge is 0.481 e. The number of aryl methyl sites for hydroxylation is 2. The topological polar surface area (TPSA) is 137 Å². The van der Waals surface area contributed by atoms with Crippen LogP contribution in [0.25, 0.3) is 0 Å². The van der Waals surface area contributed by atoms with Gasteiger partial charge < -0.3 is 30.6 Å². The lowest BCUT2D eigenvalue weighted by molar-refractivity contribution is -0.199. The molecule has 2 amide bonds. The predicted molar refractivity (Wildman–Crippen MR) is 158 cm³/mol. The number of nitrogens with one attached hydrogen (secondary N) is 5. The second-order valence-electron chi connectivity index (χ2n) is 12.9. The monoisotopic (exact) mass is 574 g/mol. The van der Waals surface area contributed by atoms with Crippen LogP contribution >= 0.6 is 11.3 Å². The van der Waals surface area contributed by atoms with E-state index in [1.165, 1.54) is 17.8 Å². The van der Waals surface area contributed by atoms with E-state index in [1.807, 2.05) is 6.92 Å². The van der Waals surface area contributed by atoms with Crippen LogP contribution in [-0.4, -0.2) is 67.2 Å². The van der Waals surface area contributed by atoms with Crippen LogP contribution in [0.1, 0.15) is 87.1 Å². The van der Waals surface area contributed by atoms with Gasteiger partial charge in [-0.15, -0.1) is 11.3 Å². The summed E-state index contributed by atoms with van der Waals surface area (Å²) < 4.78 is 13.3. The van der Waals surface area contributed by atoms with Gasteiger partial charge in [-0.25, -0.2) is 4.98 Å². The third kappa shape index (κ3) is 6.18. The highest BCUT2D eigenvalue weighted by molar-refractivity contribution is 7.13. The van der Waals surface area contributed by atoms with Crippen LogP contribution in [0.2, 0.25) is 0 Å². The summed E-state index contributed by atoms with van der Waals surface area (Å²) in [5, 5.41) is 20.4. The van der Waals surface area contributed by atoms with Crippen molar-refractivity contribution in [2.24, 2.45) is 23.2 Å². The number of amides is 2. The average Bonchev–Trinajstić information content (AvgIpc) is 3.42. The van der Waals surface area contributed by atoms with Gasteiger partial charge >= 0.3 is 7.12 Å². The van der Waals surface area contributed by atoms with Gasteiger partial charge in [0.15, 0.2) is 5.96 Å². The van der Waals surface area contributed by atoms with Gasteiger partial charge in [-0.05, 0) is 76.0 Å². The summed E-state index contributed by atoms with van der Waals surface area (Å²) in [5.41, 5.74) is 0.535. The highest BCUT2D eigenvalue weighted by atomic mass is 32.1. The molecule has 10 nitrogen and oxygen atoms in total. The minimum atomic E-state index is -0.749. The molecule has 3 aliphatic carbocycles. The first-order valence-corrected chi connectivity index (χ1v) is 15.5.